The van der Waals surface area contributed by atoms with Crippen LogP contribution in [0, 0.1) is 13.8 Å². The summed E-state index contributed by atoms with van der Waals surface area (Å²) in [7, 11) is 3.72. The summed E-state index contributed by atoms with van der Waals surface area (Å²) in [5.41, 5.74) is 7.09. The van der Waals surface area contributed by atoms with Crippen molar-refractivity contribution in [3.8, 4) is 17.2 Å². The van der Waals surface area contributed by atoms with Gasteiger partial charge in [0.05, 0.1) is 6.21 Å². The third kappa shape index (κ3) is 6.71. The van der Waals surface area contributed by atoms with E-state index in [-0.39, 0.29) is 12.4 Å². The van der Waals surface area contributed by atoms with Crippen molar-refractivity contribution in [2.75, 3.05) is 19.0 Å². The molecule has 4 rings (SSSR count). The molecule has 40 heavy (non-hydrogen) atoms. The number of furan rings is 1. The molecule has 0 aliphatic heterocycles. The van der Waals surface area contributed by atoms with Crippen molar-refractivity contribution in [1.29, 1.82) is 0 Å². The molecule has 1 atom stereocenters. The number of anilines is 1. The highest BCUT2D eigenvalue weighted by Crippen LogP contribution is 2.25. The number of nitrogens with one attached hydrogen (secondary N) is 1. The van der Waals surface area contributed by atoms with Crippen LogP contribution in [-0.2, 0) is 11.4 Å². The first-order valence-corrected chi connectivity index (χ1v) is 12.6. The van der Waals surface area contributed by atoms with Crippen LogP contribution in [0.3, 0.4) is 0 Å². The molecule has 4 aromatic rings. The fraction of sp³-hybridized carbons (Fsp3) is 0.233. The summed E-state index contributed by atoms with van der Waals surface area (Å²) in [6, 6.07) is 20.4. The van der Waals surface area contributed by atoms with Gasteiger partial charge in [0.1, 0.15) is 23.9 Å². The third-order valence-electron chi connectivity index (χ3n) is 6.17. The number of carbonyl (C=O) groups is 2. The van der Waals surface area contributed by atoms with Gasteiger partial charge in [0, 0.05) is 48.5 Å². The zero-order valence-corrected chi connectivity index (χ0v) is 23.0. The van der Waals surface area contributed by atoms with Gasteiger partial charge in [0.15, 0.2) is 11.9 Å². The van der Waals surface area contributed by atoms with Gasteiger partial charge < -0.3 is 28.5 Å². The summed E-state index contributed by atoms with van der Waals surface area (Å²) in [6.07, 6.45) is 0.322. The molecule has 0 saturated heterocycles. The Morgan fingerprint density at radius 2 is 1.75 bits per heavy atom. The van der Waals surface area contributed by atoms with E-state index >= 15 is 0 Å². The first kappa shape index (κ1) is 28.0. The number of aliphatic carboxylic acids is 1. The second-order valence-electron chi connectivity index (χ2n) is 9.41. The van der Waals surface area contributed by atoms with E-state index in [1.54, 1.807) is 24.3 Å². The summed E-state index contributed by atoms with van der Waals surface area (Å²) in [6.45, 7) is 5.71. The van der Waals surface area contributed by atoms with Gasteiger partial charge in [0.25, 0.3) is 0 Å². The van der Waals surface area contributed by atoms with Gasteiger partial charge in [-0.3, -0.25) is 4.79 Å². The standard InChI is InChI=1S/C30H32N4O6/c1-19-6-7-20(2)34(19)23-10-12-25(13-11-23)38-18-26-14-15-27(40-26)29(35)32-31-17-22-8-9-24(33(4)5)16-28(22)39-21(3)30(36)37/h6-17,21H,18H2,1-5H3,(H,32,35)(H,36,37)/b31-17+/t21-/m0/s1. The van der Waals surface area contributed by atoms with Crippen LogP contribution in [0.1, 0.15) is 40.2 Å². The maximum atomic E-state index is 12.5. The number of amides is 1. The lowest BCUT2D eigenvalue weighted by atomic mass is 10.2. The number of nitrogens with zero attached hydrogens (tertiary/aromatic N) is 3. The molecule has 2 aromatic carbocycles. The number of benzene rings is 2. The van der Waals surface area contributed by atoms with Crippen LogP contribution >= 0.6 is 0 Å². The van der Waals surface area contributed by atoms with Crippen LogP contribution in [0.15, 0.2) is 76.2 Å². The highest BCUT2D eigenvalue weighted by molar-refractivity contribution is 5.93. The maximum absolute atomic E-state index is 12.5. The predicted octanol–water partition coefficient (Wildman–Crippen LogP) is 4.95. The molecule has 0 unspecified atom stereocenters. The molecule has 2 heterocycles. The maximum Gasteiger partial charge on any atom is 0.344 e. The Morgan fingerprint density at radius 3 is 2.40 bits per heavy atom. The Kier molecular flexibility index (Phi) is 8.58. The molecule has 1 amide bonds. The molecule has 0 radical (unpaired) electrons. The van der Waals surface area contributed by atoms with E-state index in [9.17, 15) is 14.7 Å². The summed E-state index contributed by atoms with van der Waals surface area (Å²) in [5, 5.41) is 13.2. The molecule has 2 N–H and O–H groups in total. The lowest BCUT2D eigenvalue weighted by molar-refractivity contribution is -0.144. The van der Waals surface area contributed by atoms with Crippen LogP contribution in [0.2, 0.25) is 0 Å². The van der Waals surface area contributed by atoms with Gasteiger partial charge in [-0.25, -0.2) is 10.2 Å². The molecule has 0 saturated carbocycles. The molecule has 10 nitrogen and oxygen atoms in total. The molecule has 208 valence electrons. The van der Waals surface area contributed by atoms with E-state index in [1.165, 1.54) is 13.1 Å². The molecule has 0 spiro atoms. The zero-order chi connectivity index (χ0) is 28.8. The topological polar surface area (TPSA) is 119 Å². The van der Waals surface area contributed by atoms with Gasteiger partial charge >= 0.3 is 11.9 Å². The number of ether oxygens (including phenoxy) is 2. The number of aromatic nitrogens is 1. The van der Waals surface area contributed by atoms with E-state index in [0.29, 0.717) is 22.8 Å². The van der Waals surface area contributed by atoms with E-state index < -0.39 is 18.0 Å². The molecule has 0 fully saturated rings. The van der Waals surface area contributed by atoms with Gasteiger partial charge in [-0.15, -0.1) is 0 Å². The average molecular weight is 545 g/mol. The monoisotopic (exact) mass is 544 g/mol. The summed E-state index contributed by atoms with van der Waals surface area (Å²) < 4.78 is 19.2. The number of aryl methyl sites for hydroxylation is 2. The molecule has 0 bridgehead atoms. The highest BCUT2D eigenvalue weighted by atomic mass is 16.5. The minimum atomic E-state index is -1.09. The van der Waals surface area contributed by atoms with Gasteiger partial charge in [-0.1, -0.05) is 0 Å². The average Bonchev–Trinajstić information content (AvgIpc) is 3.54. The van der Waals surface area contributed by atoms with E-state index in [2.05, 4.69) is 41.1 Å². The Morgan fingerprint density at radius 1 is 1.05 bits per heavy atom. The van der Waals surface area contributed by atoms with E-state index in [4.69, 9.17) is 13.9 Å². The molecular weight excluding hydrogens is 512 g/mol. The molecule has 2 aromatic heterocycles. The van der Waals surface area contributed by atoms with Crippen molar-refractivity contribution in [1.82, 2.24) is 9.99 Å². The predicted molar refractivity (Wildman–Crippen MR) is 152 cm³/mol. The first-order chi connectivity index (χ1) is 19.1. The second kappa shape index (κ2) is 12.2. The van der Waals surface area contributed by atoms with Crippen LogP contribution < -0.4 is 19.8 Å². The zero-order valence-electron chi connectivity index (χ0n) is 23.0. The number of carboxylic acids is 1. The van der Waals surface area contributed by atoms with Crippen LogP contribution in [0.5, 0.6) is 11.5 Å². The van der Waals surface area contributed by atoms with E-state index in [0.717, 1.165) is 22.8 Å². The number of hydrogen-bond acceptors (Lipinski definition) is 7. The lowest BCUT2D eigenvalue weighted by Crippen LogP contribution is -2.23. The molecule has 0 aliphatic rings. The fourth-order valence-electron chi connectivity index (χ4n) is 3.97. The summed E-state index contributed by atoms with van der Waals surface area (Å²) in [5.74, 6) is -0.0906. The Hall–Kier alpha value is -4.99. The number of hydrogen-bond donors (Lipinski definition) is 2. The lowest BCUT2D eigenvalue weighted by Gasteiger charge is -2.17. The van der Waals surface area contributed by atoms with Crippen LogP contribution in [0.25, 0.3) is 5.69 Å². The number of hydrazone groups is 1. The largest absolute Gasteiger partial charge is 0.486 e. The smallest absolute Gasteiger partial charge is 0.344 e. The third-order valence-corrected chi connectivity index (χ3v) is 6.17. The quantitative estimate of drug-likeness (QED) is 0.203. The van der Waals surface area contributed by atoms with Crippen molar-refractivity contribution in [2.24, 2.45) is 5.10 Å². The van der Waals surface area contributed by atoms with Gasteiger partial charge in [0.2, 0.25) is 0 Å². The minimum absolute atomic E-state index is 0.0728. The summed E-state index contributed by atoms with van der Waals surface area (Å²) in [4.78, 5) is 25.7. The second-order valence-corrected chi connectivity index (χ2v) is 9.41. The fourth-order valence-corrected chi connectivity index (χ4v) is 3.97. The summed E-state index contributed by atoms with van der Waals surface area (Å²) >= 11 is 0. The van der Waals surface area contributed by atoms with Crippen LogP contribution in [0.4, 0.5) is 5.69 Å². The Balaban J connectivity index is 1.35. The van der Waals surface area contributed by atoms with Gasteiger partial charge in [-0.05, 0) is 81.4 Å². The van der Waals surface area contributed by atoms with Crippen molar-refractivity contribution in [2.45, 2.75) is 33.5 Å². The number of carbonyl (C=O) groups excluding carboxylic acids is 1. The molecule has 10 heteroatoms. The number of rotatable bonds is 11. The van der Waals surface area contributed by atoms with E-state index in [1.807, 2.05) is 49.3 Å². The first-order valence-electron chi connectivity index (χ1n) is 12.6. The Bertz CT molecular complexity index is 1500. The normalized spacial score (nSPS) is 11.8. The SMILES string of the molecule is Cc1ccc(C)n1-c1ccc(OCc2ccc(C(=O)N/N=C/c3ccc(N(C)C)cc3O[C@@H](C)C(=O)O)o2)cc1. The van der Waals surface area contributed by atoms with Crippen LogP contribution in [-0.4, -0.2) is 48.0 Å². The van der Waals surface area contributed by atoms with Crippen molar-refractivity contribution < 1.29 is 28.6 Å². The highest BCUT2D eigenvalue weighted by Gasteiger charge is 2.16. The van der Waals surface area contributed by atoms with Crippen molar-refractivity contribution >= 4 is 23.8 Å². The minimum Gasteiger partial charge on any atom is -0.486 e. The number of carboxylic acid groups (broad SMARTS) is 1. The molecular formula is C30H32N4O6. The Labute approximate surface area is 232 Å². The van der Waals surface area contributed by atoms with Crippen molar-refractivity contribution in [3.63, 3.8) is 0 Å². The van der Waals surface area contributed by atoms with Crippen molar-refractivity contribution in [3.05, 3.63) is 95.2 Å². The molecule has 0 aliphatic carbocycles. The van der Waals surface area contributed by atoms with Gasteiger partial charge in [-0.2, -0.15) is 5.10 Å².